The number of hydrogen-bond acceptors (Lipinski definition) is 4. The summed E-state index contributed by atoms with van der Waals surface area (Å²) in [5, 5.41) is 4.45. The van der Waals surface area contributed by atoms with Crippen molar-refractivity contribution in [2.24, 2.45) is 0 Å². The quantitative estimate of drug-likeness (QED) is 0.390. The highest BCUT2D eigenvalue weighted by Gasteiger charge is 2.32. The van der Waals surface area contributed by atoms with Crippen LogP contribution in [0.2, 0.25) is 0 Å². The van der Waals surface area contributed by atoms with Gasteiger partial charge in [0.2, 0.25) is 0 Å². The molecule has 0 saturated heterocycles. The minimum Gasteiger partial charge on any atom is -0.347 e. The zero-order chi connectivity index (χ0) is 23.4. The lowest BCUT2D eigenvalue weighted by Crippen LogP contribution is -2.30. The molecule has 0 spiro atoms. The van der Waals surface area contributed by atoms with E-state index >= 15 is 0 Å². The third-order valence-electron chi connectivity index (χ3n) is 5.14. The standard InChI is InChI=1S/C25H21FN2O3S2/c1-28(21-10-6-3-7-11-21)33(30,31)24-22(19-8-4-2-5-9-19)17-32-23(24)25(29)27-16-18-12-14-20(26)15-13-18/h2-15,17H,16H2,1H3,(H,27,29). The molecule has 168 valence electrons. The Morgan fingerprint density at radius 3 is 2.18 bits per heavy atom. The molecule has 0 unspecified atom stereocenters. The predicted octanol–water partition coefficient (Wildman–Crippen LogP) is 5.31. The van der Waals surface area contributed by atoms with Crippen LogP contribution in [-0.2, 0) is 16.6 Å². The Bertz CT molecular complexity index is 1350. The van der Waals surface area contributed by atoms with Crippen molar-refractivity contribution in [3.63, 3.8) is 0 Å². The van der Waals surface area contributed by atoms with Crippen LogP contribution in [0.25, 0.3) is 11.1 Å². The van der Waals surface area contributed by atoms with E-state index in [0.717, 1.165) is 11.3 Å². The minimum atomic E-state index is -4.06. The number of para-hydroxylation sites is 1. The number of nitrogens with one attached hydrogen (secondary N) is 1. The van der Waals surface area contributed by atoms with E-state index in [2.05, 4.69) is 5.32 Å². The van der Waals surface area contributed by atoms with Crippen LogP contribution in [0.3, 0.4) is 0 Å². The van der Waals surface area contributed by atoms with Gasteiger partial charge in [0.15, 0.2) is 0 Å². The van der Waals surface area contributed by atoms with Crippen LogP contribution in [0.1, 0.15) is 15.2 Å². The molecule has 0 aliphatic heterocycles. The molecule has 1 heterocycles. The van der Waals surface area contributed by atoms with Gasteiger partial charge >= 0.3 is 0 Å². The summed E-state index contributed by atoms with van der Waals surface area (Å²) < 4.78 is 41.8. The second-order valence-corrected chi connectivity index (χ2v) is 10.1. The molecular weight excluding hydrogens is 459 g/mol. The van der Waals surface area contributed by atoms with Crippen LogP contribution in [0, 0.1) is 5.82 Å². The average molecular weight is 481 g/mol. The van der Waals surface area contributed by atoms with Gasteiger partial charge in [0.05, 0.1) is 5.69 Å². The molecule has 3 aromatic carbocycles. The molecular formula is C25H21FN2O3S2. The fourth-order valence-corrected chi connectivity index (χ4v) is 6.23. The van der Waals surface area contributed by atoms with Crippen molar-refractivity contribution in [1.29, 1.82) is 0 Å². The Balaban J connectivity index is 1.74. The summed E-state index contributed by atoms with van der Waals surface area (Å²) >= 11 is 1.08. The van der Waals surface area contributed by atoms with Gasteiger partial charge in [-0.15, -0.1) is 11.3 Å². The molecule has 0 aliphatic rings. The van der Waals surface area contributed by atoms with Crippen LogP contribution < -0.4 is 9.62 Å². The first-order valence-corrected chi connectivity index (χ1v) is 12.4. The highest BCUT2D eigenvalue weighted by molar-refractivity contribution is 7.93. The second kappa shape index (κ2) is 9.56. The largest absolute Gasteiger partial charge is 0.347 e. The maximum absolute atomic E-state index is 13.7. The minimum absolute atomic E-state index is 0.0401. The van der Waals surface area contributed by atoms with Gasteiger partial charge in [-0.25, -0.2) is 12.8 Å². The summed E-state index contributed by atoms with van der Waals surface area (Å²) in [7, 11) is -2.59. The molecule has 1 aromatic heterocycles. The van der Waals surface area contributed by atoms with Gasteiger partial charge in [0, 0.05) is 24.5 Å². The summed E-state index contributed by atoms with van der Waals surface area (Å²) in [5.41, 5.74) is 2.36. The number of thiophene rings is 1. The smallest absolute Gasteiger partial charge is 0.266 e. The number of halogens is 1. The summed E-state index contributed by atoms with van der Waals surface area (Å²) in [6, 6.07) is 23.6. The van der Waals surface area contributed by atoms with Gasteiger partial charge in [-0.3, -0.25) is 9.10 Å². The zero-order valence-corrected chi connectivity index (χ0v) is 19.4. The molecule has 1 N–H and O–H groups in total. The van der Waals surface area contributed by atoms with E-state index in [1.165, 1.54) is 23.5 Å². The maximum atomic E-state index is 13.7. The Morgan fingerprint density at radius 2 is 1.55 bits per heavy atom. The molecule has 1 amide bonds. The Morgan fingerprint density at radius 1 is 0.939 bits per heavy atom. The molecule has 5 nitrogen and oxygen atoms in total. The second-order valence-electron chi connectivity index (χ2n) is 7.29. The molecule has 4 aromatic rings. The molecule has 8 heteroatoms. The highest BCUT2D eigenvalue weighted by Crippen LogP contribution is 2.37. The third-order valence-corrected chi connectivity index (χ3v) is 8.12. The molecule has 33 heavy (non-hydrogen) atoms. The molecule has 0 fully saturated rings. The fraction of sp³-hybridized carbons (Fsp3) is 0.0800. The van der Waals surface area contributed by atoms with Crippen molar-refractivity contribution in [1.82, 2.24) is 5.32 Å². The van der Waals surface area contributed by atoms with Crippen molar-refractivity contribution in [2.75, 3.05) is 11.4 Å². The molecule has 0 bridgehead atoms. The van der Waals surface area contributed by atoms with Crippen molar-refractivity contribution in [3.8, 4) is 11.1 Å². The maximum Gasteiger partial charge on any atom is 0.266 e. The predicted molar refractivity (Wildman–Crippen MR) is 129 cm³/mol. The Labute approximate surface area is 196 Å². The van der Waals surface area contributed by atoms with Crippen LogP contribution in [0.5, 0.6) is 0 Å². The van der Waals surface area contributed by atoms with E-state index in [-0.39, 0.29) is 22.1 Å². The summed E-state index contributed by atoms with van der Waals surface area (Å²) in [4.78, 5) is 13.2. The van der Waals surface area contributed by atoms with Crippen molar-refractivity contribution >= 4 is 33.0 Å². The number of nitrogens with zero attached hydrogens (tertiary/aromatic N) is 1. The van der Waals surface area contributed by atoms with Crippen LogP contribution in [0.15, 0.2) is 95.2 Å². The van der Waals surface area contributed by atoms with Gasteiger partial charge in [-0.1, -0.05) is 60.7 Å². The SMILES string of the molecule is CN(c1ccccc1)S(=O)(=O)c1c(-c2ccccc2)csc1C(=O)NCc1ccc(F)cc1. The molecule has 0 saturated carbocycles. The van der Waals surface area contributed by atoms with E-state index in [1.807, 2.05) is 30.3 Å². The fourth-order valence-electron chi connectivity index (χ4n) is 3.36. The number of hydrogen-bond donors (Lipinski definition) is 1. The summed E-state index contributed by atoms with van der Waals surface area (Å²) in [6.07, 6.45) is 0. The van der Waals surface area contributed by atoms with E-state index in [4.69, 9.17) is 0 Å². The van der Waals surface area contributed by atoms with Crippen LogP contribution in [-0.4, -0.2) is 21.4 Å². The molecule has 0 radical (unpaired) electrons. The number of amides is 1. The number of rotatable bonds is 7. The number of carbonyl (C=O) groups excluding carboxylic acids is 1. The van der Waals surface area contributed by atoms with Crippen LogP contribution in [0.4, 0.5) is 10.1 Å². The molecule has 0 atom stereocenters. The van der Waals surface area contributed by atoms with E-state index in [9.17, 15) is 17.6 Å². The Hall–Kier alpha value is -3.49. The van der Waals surface area contributed by atoms with Gasteiger partial charge in [-0.2, -0.15) is 0 Å². The first kappa shape index (κ1) is 22.7. The monoisotopic (exact) mass is 480 g/mol. The van der Waals surface area contributed by atoms with Crippen molar-refractivity contribution < 1.29 is 17.6 Å². The lowest BCUT2D eigenvalue weighted by molar-refractivity contribution is 0.0952. The van der Waals surface area contributed by atoms with Gasteiger partial charge < -0.3 is 5.32 Å². The summed E-state index contributed by atoms with van der Waals surface area (Å²) in [5.74, 6) is -0.875. The average Bonchev–Trinajstić information content (AvgIpc) is 3.30. The molecule has 4 rings (SSSR count). The number of sulfonamides is 1. The van der Waals surface area contributed by atoms with E-state index in [1.54, 1.807) is 47.8 Å². The third kappa shape index (κ3) is 4.81. The number of carbonyl (C=O) groups is 1. The van der Waals surface area contributed by atoms with Gasteiger partial charge in [0.25, 0.3) is 15.9 Å². The number of anilines is 1. The molecule has 0 aliphatic carbocycles. The van der Waals surface area contributed by atoms with Gasteiger partial charge in [-0.05, 0) is 35.4 Å². The normalized spacial score (nSPS) is 11.2. The van der Waals surface area contributed by atoms with Crippen LogP contribution >= 0.6 is 11.3 Å². The Kier molecular flexibility index (Phi) is 6.57. The van der Waals surface area contributed by atoms with E-state index in [0.29, 0.717) is 22.4 Å². The summed E-state index contributed by atoms with van der Waals surface area (Å²) in [6.45, 7) is 0.145. The first-order valence-electron chi connectivity index (χ1n) is 10.1. The lowest BCUT2D eigenvalue weighted by atomic mass is 10.1. The highest BCUT2D eigenvalue weighted by atomic mass is 32.2. The topological polar surface area (TPSA) is 66.5 Å². The van der Waals surface area contributed by atoms with Gasteiger partial charge in [0.1, 0.15) is 15.6 Å². The first-order chi connectivity index (χ1) is 15.9. The van der Waals surface area contributed by atoms with E-state index < -0.39 is 15.9 Å². The lowest BCUT2D eigenvalue weighted by Gasteiger charge is -2.21. The number of benzene rings is 3. The van der Waals surface area contributed by atoms with Crippen molar-refractivity contribution in [3.05, 3.63) is 107 Å². The van der Waals surface area contributed by atoms with Crippen molar-refractivity contribution in [2.45, 2.75) is 11.4 Å². The zero-order valence-electron chi connectivity index (χ0n) is 17.7.